The Morgan fingerprint density at radius 1 is 1.57 bits per heavy atom. The van der Waals surface area contributed by atoms with Gasteiger partial charge in [-0.15, -0.1) is 0 Å². The van der Waals surface area contributed by atoms with E-state index >= 15 is 0 Å². The molecule has 0 bridgehead atoms. The Bertz CT molecular complexity index is 490. The standard InChI is InChI=1S/C9H9N3O2/c1-14-9(13)6-2-5(10)3-7-8(6)12-4-11-7/h2-4H,10H2,1H3,(H,11,12). The van der Waals surface area contributed by atoms with Gasteiger partial charge in [-0.05, 0) is 12.1 Å². The summed E-state index contributed by atoms with van der Waals surface area (Å²) in [5.74, 6) is -0.436. The summed E-state index contributed by atoms with van der Waals surface area (Å²) in [7, 11) is 1.32. The van der Waals surface area contributed by atoms with Crippen molar-refractivity contribution in [2.45, 2.75) is 0 Å². The maximum atomic E-state index is 11.3. The minimum Gasteiger partial charge on any atom is -0.465 e. The molecule has 0 saturated carbocycles. The van der Waals surface area contributed by atoms with Crippen LogP contribution in [0.2, 0.25) is 0 Å². The summed E-state index contributed by atoms with van der Waals surface area (Å²) in [5.41, 5.74) is 7.80. The van der Waals surface area contributed by atoms with E-state index in [0.29, 0.717) is 16.8 Å². The predicted octanol–water partition coefficient (Wildman–Crippen LogP) is 0.932. The van der Waals surface area contributed by atoms with Crippen LogP contribution in [-0.4, -0.2) is 23.0 Å². The van der Waals surface area contributed by atoms with E-state index in [1.807, 2.05) is 0 Å². The molecule has 3 N–H and O–H groups in total. The van der Waals surface area contributed by atoms with Crippen LogP contribution in [0.3, 0.4) is 0 Å². The highest BCUT2D eigenvalue weighted by atomic mass is 16.5. The first-order valence-corrected chi connectivity index (χ1v) is 4.03. The SMILES string of the molecule is COC(=O)c1cc(N)cc2[nH]cnc12. The molecule has 0 saturated heterocycles. The Hall–Kier alpha value is -2.04. The first kappa shape index (κ1) is 8.55. The van der Waals surface area contributed by atoms with Gasteiger partial charge in [-0.2, -0.15) is 0 Å². The molecule has 0 aliphatic carbocycles. The molecule has 0 aliphatic heterocycles. The van der Waals surface area contributed by atoms with E-state index in [2.05, 4.69) is 14.7 Å². The van der Waals surface area contributed by atoms with Gasteiger partial charge in [0.05, 0.1) is 24.5 Å². The number of aromatic amines is 1. The lowest BCUT2D eigenvalue weighted by Crippen LogP contribution is -2.03. The zero-order chi connectivity index (χ0) is 10.1. The number of H-pyrrole nitrogens is 1. The van der Waals surface area contributed by atoms with Gasteiger partial charge in [0.15, 0.2) is 0 Å². The molecule has 1 aromatic carbocycles. The summed E-state index contributed by atoms with van der Waals surface area (Å²) in [5, 5.41) is 0. The Kier molecular flexibility index (Phi) is 1.85. The zero-order valence-corrected chi connectivity index (χ0v) is 7.57. The Balaban J connectivity index is 2.72. The number of fused-ring (bicyclic) bond motifs is 1. The molecule has 5 heteroatoms. The number of anilines is 1. The lowest BCUT2D eigenvalue weighted by Gasteiger charge is -2.01. The Labute approximate surface area is 79.9 Å². The summed E-state index contributed by atoms with van der Waals surface area (Å²) in [4.78, 5) is 18.2. The number of aromatic nitrogens is 2. The predicted molar refractivity (Wildman–Crippen MR) is 51.8 cm³/mol. The van der Waals surface area contributed by atoms with Gasteiger partial charge in [0.2, 0.25) is 0 Å². The van der Waals surface area contributed by atoms with Crippen molar-refractivity contribution in [3.05, 3.63) is 24.0 Å². The maximum Gasteiger partial charge on any atom is 0.340 e. The number of methoxy groups -OCH3 is 1. The van der Waals surface area contributed by atoms with Crippen LogP contribution in [0, 0.1) is 0 Å². The number of imidazole rings is 1. The van der Waals surface area contributed by atoms with Crippen LogP contribution < -0.4 is 5.73 Å². The monoisotopic (exact) mass is 191 g/mol. The number of nitrogens with zero attached hydrogens (tertiary/aromatic N) is 1. The molecule has 5 nitrogen and oxygen atoms in total. The fourth-order valence-corrected chi connectivity index (χ4v) is 1.34. The molecular weight excluding hydrogens is 182 g/mol. The molecule has 0 fully saturated rings. The van der Waals surface area contributed by atoms with Crippen LogP contribution in [-0.2, 0) is 4.74 Å². The number of hydrogen-bond acceptors (Lipinski definition) is 4. The molecule has 14 heavy (non-hydrogen) atoms. The molecule has 0 amide bonds. The number of nitrogen functional groups attached to an aromatic ring is 1. The second-order valence-electron chi connectivity index (χ2n) is 2.86. The van der Waals surface area contributed by atoms with Gasteiger partial charge in [-0.1, -0.05) is 0 Å². The number of nitrogens with one attached hydrogen (secondary N) is 1. The van der Waals surface area contributed by atoms with Gasteiger partial charge in [0.1, 0.15) is 5.52 Å². The molecule has 1 heterocycles. The molecule has 2 rings (SSSR count). The molecular formula is C9H9N3O2. The molecule has 0 unspecified atom stereocenters. The number of rotatable bonds is 1. The Morgan fingerprint density at radius 3 is 3.07 bits per heavy atom. The van der Waals surface area contributed by atoms with Crippen LogP contribution >= 0.6 is 0 Å². The highest BCUT2D eigenvalue weighted by Gasteiger charge is 2.12. The van der Waals surface area contributed by atoms with Gasteiger partial charge in [0.25, 0.3) is 0 Å². The van der Waals surface area contributed by atoms with Crippen molar-refractivity contribution in [2.24, 2.45) is 0 Å². The van der Waals surface area contributed by atoms with E-state index < -0.39 is 5.97 Å². The fraction of sp³-hybridized carbons (Fsp3) is 0.111. The molecule has 0 atom stereocenters. The summed E-state index contributed by atoms with van der Waals surface area (Å²) in [6.07, 6.45) is 1.51. The van der Waals surface area contributed by atoms with Gasteiger partial charge in [0, 0.05) is 5.69 Å². The summed E-state index contributed by atoms with van der Waals surface area (Å²) in [6.45, 7) is 0. The minimum absolute atomic E-state index is 0.378. The number of carbonyl (C=O) groups is 1. The van der Waals surface area contributed by atoms with Crippen LogP contribution in [0.15, 0.2) is 18.5 Å². The van der Waals surface area contributed by atoms with Crippen molar-refractivity contribution in [2.75, 3.05) is 12.8 Å². The lowest BCUT2D eigenvalue weighted by molar-refractivity contribution is 0.0603. The van der Waals surface area contributed by atoms with E-state index in [1.165, 1.54) is 13.4 Å². The number of esters is 1. The highest BCUT2D eigenvalue weighted by Crippen LogP contribution is 2.19. The minimum atomic E-state index is -0.436. The molecule has 1 aromatic heterocycles. The fourth-order valence-electron chi connectivity index (χ4n) is 1.34. The first-order chi connectivity index (χ1) is 6.72. The van der Waals surface area contributed by atoms with E-state index in [0.717, 1.165) is 5.52 Å². The average molecular weight is 191 g/mol. The first-order valence-electron chi connectivity index (χ1n) is 4.03. The van der Waals surface area contributed by atoms with E-state index in [9.17, 15) is 4.79 Å². The van der Waals surface area contributed by atoms with E-state index in [1.54, 1.807) is 12.1 Å². The molecule has 72 valence electrons. The highest BCUT2D eigenvalue weighted by molar-refractivity contribution is 6.03. The topological polar surface area (TPSA) is 81.0 Å². The second-order valence-corrected chi connectivity index (χ2v) is 2.86. The third-order valence-corrected chi connectivity index (χ3v) is 1.95. The van der Waals surface area contributed by atoms with Gasteiger partial charge >= 0.3 is 5.97 Å². The molecule has 0 spiro atoms. The largest absolute Gasteiger partial charge is 0.465 e. The average Bonchev–Trinajstić information content (AvgIpc) is 2.62. The summed E-state index contributed by atoms with van der Waals surface area (Å²) < 4.78 is 4.62. The normalized spacial score (nSPS) is 10.4. The van der Waals surface area contributed by atoms with Crippen LogP contribution in [0.5, 0.6) is 0 Å². The van der Waals surface area contributed by atoms with Crippen molar-refractivity contribution >= 4 is 22.7 Å². The number of carbonyl (C=O) groups excluding carboxylic acids is 1. The number of nitrogens with two attached hydrogens (primary N) is 1. The Morgan fingerprint density at radius 2 is 2.36 bits per heavy atom. The van der Waals surface area contributed by atoms with Gasteiger partial charge < -0.3 is 15.5 Å². The molecule has 0 aliphatic rings. The summed E-state index contributed by atoms with van der Waals surface area (Å²) >= 11 is 0. The smallest absolute Gasteiger partial charge is 0.340 e. The van der Waals surface area contributed by atoms with Crippen molar-refractivity contribution in [1.82, 2.24) is 9.97 Å². The maximum absolute atomic E-state index is 11.3. The zero-order valence-electron chi connectivity index (χ0n) is 7.57. The van der Waals surface area contributed by atoms with Crippen molar-refractivity contribution in [1.29, 1.82) is 0 Å². The van der Waals surface area contributed by atoms with Crippen LogP contribution in [0.1, 0.15) is 10.4 Å². The molecule has 0 radical (unpaired) electrons. The molecule has 2 aromatic rings. The van der Waals surface area contributed by atoms with Crippen LogP contribution in [0.25, 0.3) is 11.0 Å². The van der Waals surface area contributed by atoms with E-state index in [4.69, 9.17) is 5.73 Å². The van der Waals surface area contributed by atoms with Gasteiger partial charge in [-0.3, -0.25) is 0 Å². The quantitative estimate of drug-likeness (QED) is 0.519. The number of hydrogen-bond donors (Lipinski definition) is 2. The second kappa shape index (κ2) is 3.02. The third kappa shape index (κ3) is 1.19. The number of benzene rings is 1. The number of ether oxygens (including phenoxy) is 1. The van der Waals surface area contributed by atoms with Crippen LogP contribution in [0.4, 0.5) is 5.69 Å². The van der Waals surface area contributed by atoms with E-state index in [-0.39, 0.29) is 0 Å². The van der Waals surface area contributed by atoms with Crippen molar-refractivity contribution < 1.29 is 9.53 Å². The summed E-state index contributed by atoms with van der Waals surface area (Å²) in [6, 6.07) is 3.27. The van der Waals surface area contributed by atoms with Crippen molar-refractivity contribution in [3.63, 3.8) is 0 Å². The van der Waals surface area contributed by atoms with Gasteiger partial charge in [-0.25, -0.2) is 9.78 Å². The third-order valence-electron chi connectivity index (χ3n) is 1.95. The lowest BCUT2D eigenvalue weighted by atomic mass is 10.1. The van der Waals surface area contributed by atoms with Crippen molar-refractivity contribution in [3.8, 4) is 0 Å².